The Kier molecular flexibility index (Phi) is 8.47. The lowest BCUT2D eigenvalue weighted by Gasteiger charge is -2.25. The zero-order valence-corrected chi connectivity index (χ0v) is 20.5. The predicted octanol–water partition coefficient (Wildman–Crippen LogP) is 4.76. The summed E-state index contributed by atoms with van der Waals surface area (Å²) in [5.41, 5.74) is 9.40. The van der Waals surface area contributed by atoms with Gasteiger partial charge in [-0.3, -0.25) is 4.79 Å². The van der Waals surface area contributed by atoms with Crippen LogP contribution in [0.5, 0.6) is 5.75 Å². The zero-order valence-electron chi connectivity index (χ0n) is 19.7. The van der Waals surface area contributed by atoms with Crippen molar-refractivity contribution in [2.75, 3.05) is 0 Å². The van der Waals surface area contributed by atoms with Crippen LogP contribution < -0.4 is 9.92 Å². The molecule has 0 aliphatic heterocycles. The number of rotatable bonds is 10. The maximum Gasteiger partial charge on any atom is 0.339 e. The Morgan fingerprint density at radius 1 is 0.912 bits per heavy atom. The molecule has 0 amide bonds. The molecule has 180 valence electrons. The monoisotopic (exact) mass is 481 g/mol. The van der Waals surface area contributed by atoms with Crippen LogP contribution in [-0.4, -0.2) is 26.5 Å². The zero-order chi connectivity index (χ0) is 24.7. The van der Waals surface area contributed by atoms with Crippen molar-refractivity contribution in [3.63, 3.8) is 0 Å². The topological polar surface area (TPSA) is 95.7 Å². The van der Waals surface area contributed by atoms with Gasteiger partial charge in [-0.15, -0.1) is 0 Å². The average Bonchev–Trinajstić information content (AvgIpc) is 2.78. The standard InChI is InChI=1S/C27H31NO5S/c1-19(2)32-27(29)18-26(28)25(17-21-7-5-4-6-8-21)22-11-13-23(14-12-22)33-34(30,31)24-15-9-20(3)10-16-24/h4-16,19,25-26H,17-18,28H2,1-3H3. The van der Waals surface area contributed by atoms with Crippen LogP contribution in [0.1, 0.15) is 42.9 Å². The highest BCUT2D eigenvalue weighted by Crippen LogP contribution is 2.28. The van der Waals surface area contributed by atoms with Crippen molar-refractivity contribution in [3.8, 4) is 5.75 Å². The Hall–Kier alpha value is -3.16. The number of carbonyl (C=O) groups excluding carboxylic acids is 1. The van der Waals surface area contributed by atoms with Gasteiger partial charge in [0.2, 0.25) is 0 Å². The second-order valence-electron chi connectivity index (χ2n) is 8.62. The van der Waals surface area contributed by atoms with Gasteiger partial charge in [0.15, 0.2) is 0 Å². The normalized spacial score (nSPS) is 13.3. The van der Waals surface area contributed by atoms with Crippen LogP contribution in [0.2, 0.25) is 0 Å². The van der Waals surface area contributed by atoms with E-state index in [1.165, 1.54) is 12.1 Å². The van der Waals surface area contributed by atoms with E-state index in [-0.39, 0.29) is 35.1 Å². The lowest BCUT2D eigenvalue weighted by Crippen LogP contribution is -2.33. The molecule has 0 bridgehead atoms. The average molecular weight is 482 g/mol. The van der Waals surface area contributed by atoms with Crippen LogP contribution in [0.15, 0.2) is 83.8 Å². The van der Waals surface area contributed by atoms with Crippen molar-refractivity contribution in [2.24, 2.45) is 5.73 Å². The largest absolute Gasteiger partial charge is 0.463 e. The van der Waals surface area contributed by atoms with Crippen LogP contribution in [-0.2, 0) is 26.1 Å². The van der Waals surface area contributed by atoms with Crippen LogP contribution >= 0.6 is 0 Å². The number of carbonyl (C=O) groups is 1. The molecule has 0 aliphatic carbocycles. The second-order valence-corrected chi connectivity index (χ2v) is 10.2. The summed E-state index contributed by atoms with van der Waals surface area (Å²) in [5.74, 6) is -0.315. The van der Waals surface area contributed by atoms with E-state index >= 15 is 0 Å². The molecular weight excluding hydrogens is 450 g/mol. The second kappa shape index (κ2) is 11.3. The van der Waals surface area contributed by atoms with Crippen molar-refractivity contribution in [3.05, 3.63) is 95.6 Å². The third kappa shape index (κ3) is 7.17. The molecule has 2 unspecified atom stereocenters. The van der Waals surface area contributed by atoms with Crippen LogP contribution in [0, 0.1) is 6.92 Å². The van der Waals surface area contributed by atoms with Crippen LogP contribution in [0.4, 0.5) is 0 Å². The summed E-state index contributed by atoms with van der Waals surface area (Å²) in [7, 11) is -3.94. The van der Waals surface area contributed by atoms with E-state index in [0.717, 1.165) is 16.7 Å². The van der Waals surface area contributed by atoms with Crippen molar-refractivity contribution >= 4 is 16.1 Å². The van der Waals surface area contributed by atoms with Gasteiger partial charge in [-0.05, 0) is 62.6 Å². The molecule has 0 saturated carbocycles. The molecule has 3 aromatic rings. The van der Waals surface area contributed by atoms with Crippen LogP contribution in [0.25, 0.3) is 0 Å². The Bertz CT molecular complexity index is 1170. The SMILES string of the molecule is Cc1ccc(S(=O)(=O)Oc2ccc(C(Cc3ccccc3)C(N)CC(=O)OC(C)C)cc2)cc1. The summed E-state index contributed by atoms with van der Waals surface area (Å²) < 4.78 is 35.8. The fourth-order valence-corrected chi connectivity index (χ4v) is 4.61. The number of hydrogen-bond donors (Lipinski definition) is 1. The molecule has 0 spiro atoms. The molecule has 0 heterocycles. The number of hydrogen-bond acceptors (Lipinski definition) is 6. The number of ether oxygens (including phenoxy) is 1. The molecule has 2 atom stereocenters. The molecule has 3 aromatic carbocycles. The first kappa shape index (κ1) is 25.5. The minimum atomic E-state index is -3.94. The van der Waals surface area contributed by atoms with Gasteiger partial charge in [0.05, 0.1) is 12.5 Å². The predicted molar refractivity (Wildman–Crippen MR) is 132 cm³/mol. The van der Waals surface area contributed by atoms with Gasteiger partial charge in [-0.2, -0.15) is 8.42 Å². The molecule has 34 heavy (non-hydrogen) atoms. The quantitative estimate of drug-likeness (QED) is 0.331. The maximum atomic E-state index is 12.6. The highest BCUT2D eigenvalue weighted by Gasteiger charge is 2.24. The number of benzene rings is 3. The summed E-state index contributed by atoms with van der Waals surface area (Å²) in [6, 6.07) is 22.7. The smallest absolute Gasteiger partial charge is 0.339 e. The molecule has 6 nitrogen and oxygen atoms in total. The highest BCUT2D eigenvalue weighted by molar-refractivity contribution is 7.87. The molecule has 7 heteroatoms. The minimum Gasteiger partial charge on any atom is -0.463 e. The number of esters is 1. The van der Waals surface area contributed by atoms with Gasteiger partial charge in [0, 0.05) is 12.0 Å². The van der Waals surface area contributed by atoms with Crippen molar-refractivity contribution in [1.82, 2.24) is 0 Å². The number of nitrogens with two attached hydrogens (primary N) is 1. The summed E-state index contributed by atoms with van der Waals surface area (Å²) in [6.07, 6.45) is 0.494. The number of aryl methyl sites for hydroxylation is 1. The fraction of sp³-hybridized carbons (Fsp3) is 0.296. The van der Waals surface area contributed by atoms with E-state index in [1.807, 2.05) is 37.3 Å². The van der Waals surface area contributed by atoms with E-state index < -0.39 is 16.2 Å². The summed E-state index contributed by atoms with van der Waals surface area (Å²) in [6.45, 7) is 5.48. The van der Waals surface area contributed by atoms with E-state index in [4.69, 9.17) is 14.7 Å². The molecule has 0 fully saturated rings. The van der Waals surface area contributed by atoms with E-state index in [9.17, 15) is 13.2 Å². The molecule has 3 rings (SSSR count). The Balaban J connectivity index is 1.80. The molecule has 0 saturated heterocycles. The molecule has 0 radical (unpaired) electrons. The molecule has 0 aromatic heterocycles. The summed E-state index contributed by atoms with van der Waals surface area (Å²) in [5, 5.41) is 0. The van der Waals surface area contributed by atoms with Crippen LogP contribution in [0.3, 0.4) is 0 Å². The summed E-state index contributed by atoms with van der Waals surface area (Å²) >= 11 is 0. The third-order valence-electron chi connectivity index (χ3n) is 5.41. The van der Waals surface area contributed by atoms with Crippen molar-refractivity contribution in [1.29, 1.82) is 0 Å². The van der Waals surface area contributed by atoms with Gasteiger partial charge in [-0.25, -0.2) is 0 Å². The highest BCUT2D eigenvalue weighted by atomic mass is 32.2. The molecular formula is C27H31NO5S. The maximum absolute atomic E-state index is 12.6. The van der Waals surface area contributed by atoms with E-state index in [1.54, 1.807) is 50.2 Å². The van der Waals surface area contributed by atoms with Crippen molar-refractivity contribution < 1.29 is 22.1 Å². The van der Waals surface area contributed by atoms with Gasteiger partial charge in [0.1, 0.15) is 10.6 Å². The fourth-order valence-electron chi connectivity index (χ4n) is 3.68. The van der Waals surface area contributed by atoms with Gasteiger partial charge < -0.3 is 14.7 Å². The first-order valence-corrected chi connectivity index (χ1v) is 12.6. The molecule has 2 N–H and O–H groups in total. The van der Waals surface area contributed by atoms with E-state index in [0.29, 0.717) is 6.42 Å². The summed E-state index contributed by atoms with van der Waals surface area (Å²) in [4.78, 5) is 12.3. The van der Waals surface area contributed by atoms with Crippen molar-refractivity contribution in [2.45, 2.75) is 56.6 Å². The Morgan fingerprint density at radius 3 is 2.12 bits per heavy atom. The lowest BCUT2D eigenvalue weighted by molar-refractivity contribution is -0.147. The molecule has 0 aliphatic rings. The van der Waals surface area contributed by atoms with Gasteiger partial charge >= 0.3 is 16.1 Å². The third-order valence-corrected chi connectivity index (χ3v) is 6.67. The first-order chi connectivity index (χ1) is 16.1. The first-order valence-electron chi connectivity index (χ1n) is 11.2. The van der Waals surface area contributed by atoms with Gasteiger partial charge in [-0.1, -0.05) is 60.2 Å². The Morgan fingerprint density at radius 2 is 1.53 bits per heavy atom. The lowest BCUT2D eigenvalue weighted by atomic mass is 9.85. The Labute approximate surface area is 201 Å². The van der Waals surface area contributed by atoms with Gasteiger partial charge in [0.25, 0.3) is 0 Å². The van der Waals surface area contributed by atoms with E-state index in [2.05, 4.69) is 0 Å². The minimum absolute atomic E-state index is 0.0791.